The van der Waals surface area contributed by atoms with Gasteiger partial charge in [-0.3, -0.25) is 9.78 Å². The molecule has 6 nitrogen and oxygen atoms in total. The predicted octanol–water partition coefficient (Wildman–Crippen LogP) is 4.64. The first kappa shape index (κ1) is 19.3. The van der Waals surface area contributed by atoms with Gasteiger partial charge in [-0.05, 0) is 35.6 Å². The molecule has 0 saturated carbocycles. The van der Waals surface area contributed by atoms with E-state index in [0.29, 0.717) is 27.4 Å². The lowest BCUT2D eigenvalue weighted by Crippen LogP contribution is -2.12. The third kappa shape index (κ3) is 3.34. The van der Waals surface area contributed by atoms with E-state index in [1.165, 1.54) is 0 Å². The van der Waals surface area contributed by atoms with Crippen molar-refractivity contribution in [1.82, 2.24) is 24.7 Å². The second-order valence-electron chi connectivity index (χ2n) is 8.29. The molecule has 148 valence electrons. The maximum Gasteiger partial charge on any atom is 0.192 e. The van der Waals surface area contributed by atoms with Crippen LogP contribution >= 0.6 is 11.6 Å². The van der Waals surface area contributed by atoms with Crippen molar-refractivity contribution >= 4 is 22.5 Å². The van der Waals surface area contributed by atoms with Crippen molar-refractivity contribution in [1.29, 1.82) is 0 Å². The maximum atomic E-state index is 13.1. The SMILES string of the molecule is Cc1cc(C(C)(C)C)c(Cl)cc1-c1cc(=O)c2c(-c3nncn3C)nccc2[nH]1. The Bertz CT molecular complexity index is 1300. The summed E-state index contributed by atoms with van der Waals surface area (Å²) in [5.41, 5.74) is 4.76. The van der Waals surface area contributed by atoms with Crippen molar-refractivity contribution < 1.29 is 0 Å². The van der Waals surface area contributed by atoms with Gasteiger partial charge in [-0.25, -0.2) is 0 Å². The van der Waals surface area contributed by atoms with Crippen molar-refractivity contribution in [3.8, 4) is 22.8 Å². The fourth-order valence-corrected chi connectivity index (χ4v) is 4.01. The molecule has 0 aliphatic rings. The largest absolute Gasteiger partial charge is 0.354 e. The van der Waals surface area contributed by atoms with Crippen LogP contribution < -0.4 is 5.43 Å². The molecule has 1 N–H and O–H groups in total. The summed E-state index contributed by atoms with van der Waals surface area (Å²) < 4.78 is 1.74. The molecule has 0 spiro atoms. The van der Waals surface area contributed by atoms with Crippen LogP contribution in [0.25, 0.3) is 33.7 Å². The van der Waals surface area contributed by atoms with Gasteiger partial charge in [-0.2, -0.15) is 0 Å². The van der Waals surface area contributed by atoms with Gasteiger partial charge in [-0.15, -0.1) is 10.2 Å². The van der Waals surface area contributed by atoms with Gasteiger partial charge in [0.15, 0.2) is 11.3 Å². The molecule has 4 rings (SSSR count). The lowest BCUT2D eigenvalue weighted by atomic mass is 9.85. The highest BCUT2D eigenvalue weighted by Gasteiger charge is 2.20. The number of hydrogen-bond acceptors (Lipinski definition) is 4. The summed E-state index contributed by atoms with van der Waals surface area (Å²) in [5, 5.41) is 9.17. The first-order chi connectivity index (χ1) is 13.7. The van der Waals surface area contributed by atoms with E-state index in [2.05, 4.69) is 47.0 Å². The van der Waals surface area contributed by atoms with E-state index in [-0.39, 0.29) is 10.8 Å². The van der Waals surface area contributed by atoms with Crippen molar-refractivity contribution in [2.75, 3.05) is 0 Å². The highest BCUT2D eigenvalue weighted by Crippen LogP contribution is 2.35. The maximum absolute atomic E-state index is 13.1. The van der Waals surface area contributed by atoms with Gasteiger partial charge in [0.2, 0.25) is 0 Å². The first-order valence-corrected chi connectivity index (χ1v) is 9.72. The molecule has 4 aromatic rings. The van der Waals surface area contributed by atoms with Gasteiger partial charge in [0.25, 0.3) is 0 Å². The molecule has 0 bridgehead atoms. The standard InChI is InChI=1S/C22H22ClN5O/c1-12-8-14(22(2,3)4)15(23)9-13(12)17-10-18(29)19-16(26-17)6-7-24-20(19)21-27-25-11-28(21)5/h6-11H,1-5H3,(H,26,29). The first-order valence-electron chi connectivity index (χ1n) is 9.34. The summed E-state index contributed by atoms with van der Waals surface area (Å²) in [5.74, 6) is 0.544. The fraction of sp³-hybridized carbons (Fsp3) is 0.273. The molecule has 3 heterocycles. The Kier molecular flexibility index (Phi) is 4.54. The monoisotopic (exact) mass is 407 g/mol. The minimum Gasteiger partial charge on any atom is -0.354 e. The Morgan fingerprint density at radius 3 is 2.59 bits per heavy atom. The topological polar surface area (TPSA) is 76.5 Å². The number of fused-ring (bicyclic) bond motifs is 1. The van der Waals surface area contributed by atoms with E-state index >= 15 is 0 Å². The highest BCUT2D eigenvalue weighted by molar-refractivity contribution is 6.31. The van der Waals surface area contributed by atoms with Gasteiger partial charge in [0.05, 0.1) is 16.6 Å². The molecule has 0 fully saturated rings. The van der Waals surface area contributed by atoms with E-state index in [1.807, 2.05) is 20.0 Å². The van der Waals surface area contributed by atoms with E-state index in [9.17, 15) is 4.79 Å². The Balaban J connectivity index is 1.93. The molecule has 0 atom stereocenters. The zero-order chi connectivity index (χ0) is 20.9. The molecule has 7 heteroatoms. The number of aromatic nitrogens is 5. The molecule has 0 radical (unpaired) electrons. The third-order valence-electron chi connectivity index (χ3n) is 5.08. The highest BCUT2D eigenvalue weighted by atomic mass is 35.5. The number of pyridine rings is 2. The smallest absolute Gasteiger partial charge is 0.192 e. The van der Waals surface area contributed by atoms with Gasteiger partial charge in [0, 0.05) is 29.9 Å². The molecule has 29 heavy (non-hydrogen) atoms. The number of H-pyrrole nitrogens is 1. The Labute approximate surface area is 173 Å². The van der Waals surface area contributed by atoms with Crippen LogP contribution in [0.3, 0.4) is 0 Å². The summed E-state index contributed by atoms with van der Waals surface area (Å²) in [7, 11) is 1.82. The number of benzene rings is 1. The van der Waals surface area contributed by atoms with Crippen molar-refractivity contribution in [2.45, 2.75) is 33.1 Å². The average molecular weight is 408 g/mol. The summed E-state index contributed by atoms with van der Waals surface area (Å²) in [4.78, 5) is 20.8. The molecule has 0 aliphatic heterocycles. The Hall–Kier alpha value is -2.99. The number of aryl methyl sites for hydroxylation is 2. The number of nitrogens with one attached hydrogen (secondary N) is 1. The second kappa shape index (κ2) is 6.81. The number of halogens is 1. The molecule has 3 aromatic heterocycles. The summed E-state index contributed by atoms with van der Waals surface area (Å²) in [6, 6.07) is 7.41. The number of hydrogen-bond donors (Lipinski definition) is 1. The van der Waals surface area contributed by atoms with Crippen molar-refractivity contribution in [3.05, 3.63) is 63.2 Å². The van der Waals surface area contributed by atoms with Crippen LogP contribution in [0.2, 0.25) is 5.02 Å². The van der Waals surface area contributed by atoms with E-state index < -0.39 is 0 Å². The van der Waals surface area contributed by atoms with Gasteiger partial charge in [-0.1, -0.05) is 38.4 Å². The molecule has 0 unspecified atom stereocenters. The third-order valence-corrected chi connectivity index (χ3v) is 5.39. The van der Waals surface area contributed by atoms with E-state index in [1.54, 1.807) is 29.2 Å². The summed E-state index contributed by atoms with van der Waals surface area (Å²) in [6.07, 6.45) is 3.25. The van der Waals surface area contributed by atoms with Crippen LogP contribution in [0.15, 0.2) is 41.6 Å². The zero-order valence-electron chi connectivity index (χ0n) is 17.0. The van der Waals surface area contributed by atoms with Crippen LogP contribution in [0, 0.1) is 6.92 Å². The number of nitrogens with zero attached hydrogens (tertiary/aromatic N) is 4. The molecular formula is C22H22ClN5O. The van der Waals surface area contributed by atoms with Crippen molar-refractivity contribution in [2.24, 2.45) is 7.05 Å². The molecule has 0 saturated heterocycles. The molecule has 0 amide bonds. The van der Waals surface area contributed by atoms with Crippen LogP contribution in [0.5, 0.6) is 0 Å². The predicted molar refractivity (Wildman–Crippen MR) is 116 cm³/mol. The number of aromatic amines is 1. The molecule has 0 aliphatic carbocycles. The van der Waals surface area contributed by atoms with E-state index in [4.69, 9.17) is 11.6 Å². The van der Waals surface area contributed by atoms with Gasteiger partial charge >= 0.3 is 0 Å². The Morgan fingerprint density at radius 1 is 1.17 bits per heavy atom. The van der Waals surface area contributed by atoms with Gasteiger partial charge < -0.3 is 9.55 Å². The molecule has 1 aromatic carbocycles. The summed E-state index contributed by atoms with van der Waals surface area (Å²) in [6.45, 7) is 8.42. The quantitative estimate of drug-likeness (QED) is 0.525. The zero-order valence-corrected chi connectivity index (χ0v) is 17.8. The minimum atomic E-state index is -0.129. The average Bonchev–Trinajstić information content (AvgIpc) is 3.07. The van der Waals surface area contributed by atoms with Crippen molar-refractivity contribution in [3.63, 3.8) is 0 Å². The molecular weight excluding hydrogens is 386 g/mol. The van der Waals surface area contributed by atoms with E-state index in [0.717, 1.165) is 22.4 Å². The lowest BCUT2D eigenvalue weighted by molar-refractivity contribution is 0.590. The normalized spacial score (nSPS) is 11.9. The van der Waals surface area contributed by atoms with Crippen LogP contribution in [0.4, 0.5) is 0 Å². The second-order valence-corrected chi connectivity index (χ2v) is 8.70. The fourth-order valence-electron chi connectivity index (χ4n) is 3.56. The summed E-state index contributed by atoms with van der Waals surface area (Å²) >= 11 is 6.58. The van der Waals surface area contributed by atoms with Gasteiger partial charge in [0.1, 0.15) is 12.0 Å². The van der Waals surface area contributed by atoms with Crippen LogP contribution in [-0.4, -0.2) is 24.7 Å². The lowest BCUT2D eigenvalue weighted by Gasteiger charge is -2.22. The van der Waals surface area contributed by atoms with Crippen LogP contribution in [0.1, 0.15) is 31.9 Å². The Morgan fingerprint density at radius 2 is 1.93 bits per heavy atom. The minimum absolute atomic E-state index is 0.0617. The number of rotatable bonds is 2. The van der Waals surface area contributed by atoms with Crippen LogP contribution in [-0.2, 0) is 12.5 Å².